The molecule has 412 valence electrons. The summed E-state index contributed by atoms with van der Waals surface area (Å²) in [5.41, 5.74) is 5.38. The van der Waals surface area contributed by atoms with Crippen LogP contribution in [0, 0.1) is 0 Å². The zero-order chi connectivity index (χ0) is 52.4. The smallest absolute Gasteiger partial charge is 0.462 e. The SMILES string of the molecule is CC/C=C\C/C=C\C/C=C\C/C=C\C/C=C\C/C=C\C/C=C\C/C=C\C/C=C\CCCCCCCC(=O)OC(COC(=O)CCCCCCCCCCCCCCCCCCCC)COP(=O)(O)OCCN. The van der Waals surface area contributed by atoms with Crippen LogP contribution in [0.2, 0.25) is 0 Å². The Bertz CT molecular complexity index is 1540. The number of unbranched alkanes of at least 4 members (excludes halogenated alkanes) is 22. The monoisotopic (exact) mass is 1020 g/mol. The van der Waals surface area contributed by atoms with E-state index >= 15 is 0 Å². The maximum Gasteiger partial charge on any atom is 0.472 e. The number of carbonyl (C=O) groups excluding carboxylic acids is 2. The van der Waals surface area contributed by atoms with Crippen molar-refractivity contribution in [2.75, 3.05) is 26.4 Å². The second-order valence-electron chi connectivity index (χ2n) is 18.8. The van der Waals surface area contributed by atoms with Crippen LogP contribution in [-0.4, -0.2) is 49.3 Å². The molecule has 0 saturated heterocycles. The predicted octanol–water partition coefficient (Wildman–Crippen LogP) is 18.2. The molecule has 0 saturated carbocycles. The van der Waals surface area contributed by atoms with Crippen molar-refractivity contribution in [1.82, 2.24) is 0 Å². The van der Waals surface area contributed by atoms with E-state index in [2.05, 4.69) is 123 Å². The molecule has 72 heavy (non-hydrogen) atoms. The first-order valence-electron chi connectivity index (χ1n) is 28.9. The van der Waals surface area contributed by atoms with Gasteiger partial charge < -0.3 is 20.1 Å². The Hall–Kier alpha value is -3.33. The highest BCUT2D eigenvalue weighted by Gasteiger charge is 2.26. The Labute approximate surface area is 441 Å². The zero-order valence-corrected chi connectivity index (χ0v) is 46.8. The molecular weight excluding hydrogens is 918 g/mol. The number of hydrogen-bond donors (Lipinski definition) is 2. The van der Waals surface area contributed by atoms with Crippen molar-refractivity contribution in [1.29, 1.82) is 0 Å². The molecule has 2 atom stereocenters. The summed E-state index contributed by atoms with van der Waals surface area (Å²) in [5, 5.41) is 0. The molecule has 0 aliphatic rings. The van der Waals surface area contributed by atoms with Crippen molar-refractivity contribution in [3.05, 3.63) is 109 Å². The molecular formula is C62H106NO8P. The van der Waals surface area contributed by atoms with Gasteiger partial charge >= 0.3 is 19.8 Å². The number of carbonyl (C=O) groups is 2. The molecule has 0 aliphatic carbocycles. The van der Waals surface area contributed by atoms with Crippen LogP contribution < -0.4 is 5.73 Å². The lowest BCUT2D eigenvalue weighted by Gasteiger charge is -2.19. The molecule has 0 spiro atoms. The van der Waals surface area contributed by atoms with E-state index in [4.69, 9.17) is 24.3 Å². The minimum atomic E-state index is -4.40. The van der Waals surface area contributed by atoms with Gasteiger partial charge in [-0.05, 0) is 83.5 Å². The van der Waals surface area contributed by atoms with E-state index in [-0.39, 0.29) is 38.6 Å². The number of esters is 2. The molecule has 0 amide bonds. The van der Waals surface area contributed by atoms with E-state index in [9.17, 15) is 19.0 Å². The molecule has 0 aromatic rings. The second kappa shape index (κ2) is 57.0. The minimum Gasteiger partial charge on any atom is -0.462 e. The minimum absolute atomic E-state index is 0.0456. The summed E-state index contributed by atoms with van der Waals surface area (Å²) in [5.74, 6) is -0.850. The molecule has 0 aromatic heterocycles. The zero-order valence-electron chi connectivity index (χ0n) is 45.9. The third kappa shape index (κ3) is 56.0. The summed E-state index contributed by atoms with van der Waals surface area (Å²) < 4.78 is 33.0. The van der Waals surface area contributed by atoms with Crippen LogP contribution in [0.15, 0.2) is 109 Å². The summed E-state index contributed by atoms with van der Waals surface area (Å²) >= 11 is 0. The number of ether oxygens (including phenoxy) is 2. The van der Waals surface area contributed by atoms with Gasteiger partial charge in [-0.25, -0.2) is 4.57 Å². The molecule has 10 heteroatoms. The Balaban J connectivity index is 4.07. The number of phosphoric acid groups is 1. The molecule has 0 radical (unpaired) electrons. The molecule has 0 aromatic carbocycles. The number of hydrogen-bond acceptors (Lipinski definition) is 8. The highest BCUT2D eigenvalue weighted by Crippen LogP contribution is 2.43. The first-order chi connectivity index (χ1) is 35.3. The van der Waals surface area contributed by atoms with Crippen LogP contribution in [-0.2, 0) is 32.7 Å². The van der Waals surface area contributed by atoms with Gasteiger partial charge in [0.2, 0.25) is 0 Å². The maximum atomic E-state index is 12.7. The van der Waals surface area contributed by atoms with Gasteiger partial charge in [-0.2, -0.15) is 0 Å². The van der Waals surface area contributed by atoms with Crippen molar-refractivity contribution in [3.63, 3.8) is 0 Å². The summed E-state index contributed by atoms with van der Waals surface area (Å²) in [6, 6.07) is 0. The van der Waals surface area contributed by atoms with Crippen molar-refractivity contribution in [2.45, 2.75) is 245 Å². The highest BCUT2D eigenvalue weighted by molar-refractivity contribution is 7.47. The number of rotatable bonds is 53. The highest BCUT2D eigenvalue weighted by atomic mass is 31.2. The van der Waals surface area contributed by atoms with Gasteiger partial charge in [0.25, 0.3) is 0 Å². The van der Waals surface area contributed by atoms with Gasteiger partial charge in [0.15, 0.2) is 6.10 Å². The fourth-order valence-electron chi connectivity index (χ4n) is 7.69. The second-order valence-corrected chi connectivity index (χ2v) is 20.2. The van der Waals surface area contributed by atoms with Gasteiger partial charge in [-0.15, -0.1) is 0 Å². The van der Waals surface area contributed by atoms with E-state index in [0.29, 0.717) is 6.42 Å². The van der Waals surface area contributed by atoms with Crippen LogP contribution in [0.1, 0.15) is 239 Å². The Morgan fingerprint density at radius 1 is 0.431 bits per heavy atom. The van der Waals surface area contributed by atoms with Gasteiger partial charge in [-0.1, -0.05) is 252 Å². The first-order valence-corrected chi connectivity index (χ1v) is 30.4. The van der Waals surface area contributed by atoms with Gasteiger partial charge in [0.05, 0.1) is 13.2 Å². The summed E-state index contributed by atoms with van der Waals surface area (Å²) in [6.45, 7) is 3.61. The van der Waals surface area contributed by atoms with E-state index in [0.717, 1.165) is 109 Å². The van der Waals surface area contributed by atoms with Gasteiger partial charge in [-0.3, -0.25) is 18.6 Å². The topological polar surface area (TPSA) is 134 Å². The van der Waals surface area contributed by atoms with Crippen LogP contribution in [0.4, 0.5) is 0 Å². The lowest BCUT2D eigenvalue weighted by molar-refractivity contribution is -0.161. The molecule has 0 bridgehead atoms. The fraction of sp³-hybridized carbons (Fsp3) is 0.677. The van der Waals surface area contributed by atoms with Crippen LogP contribution in [0.5, 0.6) is 0 Å². The Morgan fingerprint density at radius 3 is 1.14 bits per heavy atom. The van der Waals surface area contributed by atoms with E-state index in [1.807, 2.05) is 0 Å². The molecule has 9 nitrogen and oxygen atoms in total. The van der Waals surface area contributed by atoms with E-state index < -0.39 is 26.5 Å². The fourth-order valence-corrected chi connectivity index (χ4v) is 8.45. The van der Waals surface area contributed by atoms with E-state index in [1.54, 1.807) is 0 Å². The normalized spacial score (nSPS) is 13.9. The average molecular weight is 1020 g/mol. The summed E-state index contributed by atoms with van der Waals surface area (Å²) in [4.78, 5) is 35.2. The summed E-state index contributed by atoms with van der Waals surface area (Å²) in [7, 11) is -4.40. The van der Waals surface area contributed by atoms with Crippen LogP contribution in [0.3, 0.4) is 0 Å². The van der Waals surface area contributed by atoms with Gasteiger partial charge in [0.1, 0.15) is 6.61 Å². The van der Waals surface area contributed by atoms with E-state index in [1.165, 1.54) is 96.3 Å². The van der Waals surface area contributed by atoms with Crippen molar-refractivity contribution in [3.8, 4) is 0 Å². The van der Waals surface area contributed by atoms with Crippen LogP contribution in [0.25, 0.3) is 0 Å². The third-order valence-electron chi connectivity index (χ3n) is 11.9. The summed E-state index contributed by atoms with van der Waals surface area (Å²) in [6.07, 6.45) is 77.1. The average Bonchev–Trinajstić information content (AvgIpc) is 3.37. The standard InChI is InChI=1S/C62H106NO8P/c1-3-5-7-9-11-13-15-17-19-21-23-24-25-26-27-28-29-30-31-32-33-34-35-36-37-39-41-43-45-47-49-51-53-55-62(65)71-60(59-70-72(66,67)69-57-56-63)58-68-61(64)54-52-50-48-46-44-42-40-38-22-20-18-16-14-12-10-8-6-4-2/h5,7,11,13,17,19,23-24,26-27,29-30,32-33,35-36,39,41,60H,3-4,6,8-10,12,14-16,18,20-22,25,28,31,34,37-38,40,42-59,63H2,1-2H3,(H,66,67)/b7-5-,13-11-,19-17-,24-23-,27-26-,30-29-,33-32-,36-35-,41-39-. The number of phosphoric ester groups is 1. The van der Waals surface area contributed by atoms with Crippen LogP contribution >= 0.6 is 7.82 Å². The largest absolute Gasteiger partial charge is 0.472 e. The number of nitrogens with two attached hydrogens (primary N) is 1. The molecule has 0 rings (SSSR count). The molecule has 0 heterocycles. The van der Waals surface area contributed by atoms with Crippen molar-refractivity contribution < 1.29 is 37.6 Å². The lowest BCUT2D eigenvalue weighted by Crippen LogP contribution is -2.29. The predicted molar refractivity (Wildman–Crippen MR) is 307 cm³/mol. The maximum absolute atomic E-state index is 12.7. The number of allylic oxidation sites excluding steroid dienone is 18. The molecule has 0 aliphatic heterocycles. The molecule has 0 fully saturated rings. The first kappa shape index (κ1) is 68.7. The van der Waals surface area contributed by atoms with Gasteiger partial charge in [0, 0.05) is 19.4 Å². The molecule has 2 unspecified atom stereocenters. The third-order valence-corrected chi connectivity index (χ3v) is 12.9. The Kier molecular flexibility index (Phi) is 54.3. The van der Waals surface area contributed by atoms with Crippen molar-refractivity contribution >= 4 is 19.8 Å². The van der Waals surface area contributed by atoms with Crippen molar-refractivity contribution in [2.24, 2.45) is 5.73 Å². The lowest BCUT2D eigenvalue weighted by atomic mass is 10.0. The quantitative estimate of drug-likeness (QED) is 0.0264. The Morgan fingerprint density at radius 2 is 0.764 bits per heavy atom. The molecule has 3 N–H and O–H groups in total.